The molecule has 0 radical (unpaired) electrons. The number of esters is 1. The smallest absolute Gasteiger partial charge is 0.341 e. The van der Waals surface area contributed by atoms with Crippen LogP contribution in [-0.4, -0.2) is 39.3 Å². The lowest BCUT2D eigenvalue weighted by Gasteiger charge is -2.14. The molecular formula is C14H16N2O4. The normalized spacial score (nSPS) is 10.2. The number of methoxy groups -OCH3 is 3. The van der Waals surface area contributed by atoms with Crippen LogP contribution in [0.15, 0.2) is 18.3 Å². The first-order chi connectivity index (χ1) is 9.65. The van der Waals surface area contributed by atoms with Crippen molar-refractivity contribution in [2.24, 2.45) is 0 Å². The number of ether oxygens (including phenoxy) is 3. The van der Waals surface area contributed by atoms with Crippen molar-refractivity contribution < 1.29 is 19.0 Å². The first-order valence-electron chi connectivity index (χ1n) is 5.97. The van der Waals surface area contributed by atoms with Crippen molar-refractivity contribution in [2.45, 2.75) is 0 Å². The Balaban J connectivity index is 2.82. The molecule has 0 unspecified atom stereocenters. The Morgan fingerprint density at radius 3 is 2.50 bits per heavy atom. The Kier molecular flexibility index (Phi) is 3.93. The van der Waals surface area contributed by atoms with E-state index < -0.39 is 5.97 Å². The molecule has 0 aliphatic heterocycles. The standard InChI is InChI=1S/C14H16N2O4/c1-15-13-9(14(17)20-4)7-16-10-5-8(18-2)6-11(19-3)12(10)13/h5-7H,1-4H3,(H,15,16). The monoisotopic (exact) mass is 276 g/mol. The highest BCUT2D eigenvalue weighted by Gasteiger charge is 2.18. The number of hydrogen-bond donors (Lipinski definition) is 1. The van der Waals surface area contributed by atoms with Crippen molar-refractivity contribution in [1.29, 1.82) is 0 Å². The minimum absolute atomic E-state index is 0.353. The zero-order valence-electron chi connectivity index (χ0n) is 11.8. The van der Waals surface area contributed by atoms with Gasteiger partial charge in [-0.2, -0.15) is 0 Å². The third-order valence-corrected chi connectivity index (χ3v) is 3.02. The van der Waals surface area contributed by atoms with E-state index in [1.807, 2.05) is 0 Å². The average molecular weight is 276 g/mol. The molecule has 1 aromatic carbocycles. The largest absolute Gasteiger partial charge is 0.497 e. The summed E-state index contributed by atoms with van der Waals surface area (Å²) in [4.78, 5) is 16.1. The van der Waals surface area contributed by atoms with Gasteiger partial charge < -0.3 is 19.5 Å². The molecule has 6 nitrogen and oxygen atoms in total. The van der Waals surface area contributed by atoms with Crippen LogP contribution in [0, 0.1) is 0 Å². The molecule has 0 atom stereocenters. The highest BCUT2D eigenvalue weighted by molar-refractivity contribution is 6.07. The number of nitrogens with one attached hydrogen (secondary N) is 1. The lowest BCUT2D eigenvalue weighted by molar-refractivity contribution is 0.0601. The predicted molar refractivity (Wildman–Crippen MR) is 75.7 cm³/mol. The molecule has 2 aromatic rings. The van der Waals surface area contributed by atoms with Crippen molar-refractivity contribution in [1.82, 2.24) is 4.98 Å². The highest BCUT2D eigenvalue weighted by atomic mass is 16.5. The summed E-state index contributed by atoms with van der Waals surface area (Å²) in [7, 11) is 6.18. The van der Waals surface area contributed by atoms with Gasteiger partial charge in [-0.3, -0.25) is 4.98 Å². The first-order valence-corrected chi connectivity index (χ1v) is 5.97. The fraction of sp³-hybridized carbons (Fsp3) is 0.286. The van der Waals surface area contributed by atoms with E-state index in [4.69, 9.17) is 14.2 Å². The van der Waals surface area contributed by atoms with Crippen LogP contribution in [0.1, 0.15) is 10.4 Å². The Labute approximate surface area is 116 Å². The van der Waals surface area contributed by atoms with Gasteiger partial charge in [-0.15, -0.1) is 0 Å². The van der Waals surface area contributed by atoms with Crippen LogP contribution < -0.4 is 14.8 Å². The van der Waals surface area contributed by atoms with Crippen LogP contribution >= 0.6 is 0 Å². The molecule has 0 saturated heterocycles. The molecule has 0 aliphatic rings. The minimum Gasteiger partial charge on any atom is -0.497 e. The number of anilines is 1. The van der Waals surface area contributed by atoms with Crippen molar-refractivity contribution in [2.75, 3.05) is 33.7 Å². The quantitative estimate of drug-likeness (QED) is 0.862. The Morgan fingerprint density at radius 2 is 1.95 bits per heavy atom. The summed E-state index contributed by atoms with van der Waals surface area (Å²) >= 11 is 0. The van der Waals surface area contributed by atoms with Crippen LogP contribution in [0.5, 0.6) is 11.5 Å². The van der Waals surface area contributed by atoms with Gasteiger partial charge in [0.1, 0.15) is 17.1 Å². The number of benzene rings is 1. The number of aromatic nitrogens is 1. The minimum atomic E-state index is -0.457. The maximum absolute atomic E-state index is 11.8. The van der Waals surface area contributed by atoms with Gasteiger partial charge in [-0.1, -0.05) is 0 Å². The first kappa shape index (κ1) is 13.9. The molecular weight excluding hydrogens is 260 g/mol. The van der Waals surface area contributed by atoms with E-state index in [0.29, 0.717) is 33.7 Å². The summed E-state index contributed by atoms with van der Waals surface area (Å²) in [5.74, 6) is 0.748. The topological polar surface area (TPSA) is 69.7 Å². The van der Waals surface area contributed by atoms with E-state index in [-0.39, 0.29) is 0 Å². The molecule has 0 fully saturated rings. The van der Waals surface area contributed by atoms with Crippen molar-refractivity contribution >= 4 is 22.6 Å². The van der Waals surface area contributed by atoms with Crippen LogP contribution in [-0.2, 0) is 4.74 Å². The summed E-state index contributed by atoms with van der Waals surface area (Å²) in [5, 5.41) is 3.71. The fourth-order valence-corrected chi connectivity index (χ4v) is 2.07. The van der Waals surface area contributed by atoms with E-state index in [1.54, 1.807) is 33.4 Å². The zero-order valence-corrected chi connectivity index (χ0v) is 11.8. The van der Waals surface area contributed by atoms with Gasteiger partial charge in [-0.05, 0) is 0 Å². The maximum atomic E-state index is 11.8. The van der Waals surface area contributed by atoms with E-state index in [9.17, 15) is 4.79 Å². The number of carbonyl (C=O) groups is 1. The lowest BCUT2D eigenvalue weighted by atomic mass is 10.1. The molecule has 1 aromatic heterocycles. The fourth-order valence-electron chi connectivity index (χ4n) is 2.07. The Morgan fingerprint density at radius 1 is 1.20 bits per heavy atom. The van der Waals surface area contributed by atoms with Crippen molar-refractivity contribution in [3.8, 4) is 11.5 Å². The molecule has 0 aliphatic carbocycles. The average Bonchev–Trinajstić information content (AvgIpc) is 2.51. The van der Waals surface area contributed by atoms with Gasteiger partial charge in [-0.25, -0.2) is 4.79 Å². The predicted octanol–water partition coefficient (Wildman–Crippen LogP) is 2.08. The Hall–Kier alpha value is -2.50. The maximum Gasteiger partial charge on any atom is 0.341 e. The Bertz CT molecular complexity index is 655. The molecule has 2 rings (SSSR count). The molecule has 0 amide bonds. The molecule has 0 bridgehead atoms. The number of nitrogens with zero attached hydrogens (tertiary/aromatic N) is 1. The van der Waals surface area contributed by atoms with Crippen molar-refractivity contribution in [3.63, 3.8) is 0 Å². The third-order valence-electron chi connectivity index (χ3n) is 3.02. The number of hydrogen-bond acceptors (Lipinski definition) is 6. The second-order valence-electron chi connectivity index (χ2n) is 4.01. The van der Waals surface area contributed by atoms with Crippen molar-refractivity contribution in [3.05, 3.63) is 23.9 Å². The summed E-state index contributed by atoms with van der Waals surface area (Å²) in [5.41, 5.74) is 1.63. The number of carbonyl (C=O) groups excluding carboxylic acids is 1. The van der Waals surface area contributed by atoms with E-state index in [1.165, 1.54) is 13.3 Å². The van der Waals surface area contributed by atoms with E-state index in [2.05, 4.69) is 10.3 Å². The van der Waals surface area contributed by atoms with Gasteiger partial charge in [0, 0.05) is 25.4 Å². The molecule has 20 heavy (non-hydrogen) atoms. The molecule has 0 saturated carbocycles. The van der Waals surface area contributed by atoms with E-state index >= 15 is 0 Å². The number of rotatable bonds is 4. The number of fused-ring (bicyclic) bond motifs is 1. The second-order valence-corrected chi connectivity index (χ2v) is 4.01. The molecule has 6 heteroatoms. The second kappa shape index (κ2) is 5.64. The SMILES string of the molecule is CNc1c(C(=O)OC)cnc2cc(OC)cc(OC)c12. The molecule has 0 spiro atoms. The zero-order chi connectivity index (χ0) is 14.7. The van der Waals surface area contributed by atoms with E-state index in [0.717, 1.165) is 0 Å². The molecule has 1 N–H and O–H groups in total. The van der Waals surface area contributed by atoms with Crippen LogP contribution in [0.2, 0.25) is 0 Å². The van der Waals surface area contributed by atoms with Gasteiger partial charge >= 0.3 is 5.97 Å². The van der Waals surface area contributed by atoms with Crippen LogP contribution in [0.4, 0.5) is 5.69 Å². The third kappa shape index (κ3) is 2.20. The van der Waals surface area contributed by atoms with Crippen LogP contribution in [0.25, 0.3) is 10.9 Å². The van der Waals surface area contributed by atoms with Gasteiger partial charge in [0.05, 0.1) is 37.9 Å². The molecule has 106 valence electrons. The van der Waals surface area contributed by atoms with Gasteiger partial charge in [0.25, 0.3) is 0 Å². The summed E-state index contributed by atoms with van der Waals surface area (Å²) in [6.45, 7) is 0. The summed E-state index contributed by atoms with van der Waals surface area (Å²) < 4.78 is 15.3. The van der Waals surface area contributed by atoms with Crippen LogP contribution in [0.3, 0.4) is 0 Å². The summed E-state index contributed by atoms with van der Waals surface area (Å²) in [6.07, 6.45) is 1.47. The highest BCUT2D eigenvalue weighted by Crippen LogP contribution is 2.36. The van der Waals surface area contributed by atoms with Gasteiger partial charge in [0.2, 0.25) is 0 Å². The van der Waals surface area contributed by atoms with Gasteiger partial charge in [0.15, 0.2) is 0 Å². The number of pyridine rings is 1. The molecule has 1 heterocycles. The summed E-state index contributed by atoms with van der Waals surface area (Å²) in [6, 6.07) is 3.52. The lowest BCUT2D eigenvalue weighted by Crippen LogP contribution is -2.07.